The molecule has 0 spiro atoms. The molecule has 1 unspecified atom stereocenters. The van der Waals surface area contributed by atoms with Gasteiger partial charge >= 0.3 is 6.03 Å². The molecule has 0 aliphatic carbocycles. The van der Waals surface area contributed by atoms with E-state index in [1.807, 2.05) is 0 Å². The zero-order chi connectivity index (χ0) is 18.0. The second-order valence-corrected chi connectivity index (χ2v) is 6.06. The van der Waals surface area contributed by atoms with Crippen LogP contribution in [0.1, 0.15) is 12.8 Å². The Kier molecular flexibility index (Phi) is 4.60. The number of hydrogen-bond donors (Lipinski definition) is 3. The Hall–Kier alpha value is -3.03. The maximum atomic E-state index is 12.6. The molecule has 1 aliphatic heterocycles. The fourth-order valence-electron chi connectivity index (χ4n) is 3.01. The second-order valence-electron chi connectivity index (χ2n) is 6.06. The van der Waals surface area contributed by atoms with E-state index in [4.69, 9.17) is 10.5 Å². The highest BCUT2D eigenvalue weighted by Crippen LogP contribution is 2.19. The Labute approximate surface area is 143 Å². The minimum atomic E-state index is -0.413. The van der Waals surface area contributed by atoms with Crippen molar-refractivity contribution >= 4 is 28.5 Å². The number of nitrogens with two attached hydrogens (primary N) is 1. The maximum Gasteiger partial charge on any atom is 0.322 e. The summed E-state index contributed by atoms with van der Waals surface area (Å²) in [5, 5.41) is 3.07. The van der Waals surface area contributed by atoms with Crippen molar-refractivity contribution in [1.29, 1.82) is 0 Å². The molecule has 3 rings (SSSR count). The zero-order valence-electron chi connectivity index (χ0n) is 13.9. The highest BCUT2D eigenvalue weighted by Gasteiger charge is 2.27. The van der Waals surface area contributed by atoms with Gasteiger partial charge in [-0.25, -0.2) is 4.79 Å². The van der Waals surface area contributed by atoms with Crippen molar-refractivity contribution in [2.45, 2.75) is 12.8 Å². The van der Waals surface area contributed by atoms with Crippen LogP contribution in [0.3, 0.4) is 0 Å². The number of aromatic amines is 1. The predicted molar refractivity (Wildman–Crippen MR) is 93.6 cm³/mol. The summed E-state index contributed by atoms with van der Waals surface area (Å²) in [6, 6.07) is 4.63. The minimum absolute atomic E-state index is 0.156. The van der Waals surface area contributed by atoms with Crippen LogP contribution in [-0.2, 0) is 4.79 Å². The minimum Gasteiger partial charge on any atom is -0.497 e. The number of nitrogens with one attached hydrogen (secondary N) is 2. The first-order chi connectivity index (χ1) is 12.0. The SMILES string of the molecule is COc1ccc2c(=O)c(NC(=O)N3CCCC(C(N)=O)C3)c[nH]c2c1. The van der Waals surface area contributed by atoms with E-state index in [0.717, 1.165) is 0 Å². The Morgan fingerprint density at radius 1 is 1.40 bits per heavy atom. The third-order valence-corrected chi connectivity index (χ3v) is 4.44. The first-order valence-corrected chi connectivity index (χ1v) is 8.04. The number of aromatic nitrogens is 1. The van der Waals surface area contributed by atoms with Gasteiger partial charge in [0.05, 0.1) is 18.5 Å². The molecule has 0 saturated carbocycles. The number of rotatable bonds is 3. The molecule has 1 aliphatic rings. The molecule has 2 aromatic rings. The number of pyridine rings is 1. The second kappa shape index (κ2) is 6.84. The molecule has 0 bridgehead atoms. The largest absolute Gasteiger partial charge is 0.497 e. The van der Waals surface area contributed by atoms with Gasteiger partial charge in [0.25, 0.3) is 0 Å². The molecule has 8 nitrogen and oxygen atoms in total. The number of urea groups is 1. The number of likely N-dealkylation sites (tertiary alicyclic amines) is 1. The fraction of sp³-hybridized carbons (Fsp3) is 0.353. The molecular formula is C17H20N4O4. The van der Waals surface area contributed by atoms with Crippen molar-refractivity contribution in [2.24, 2.45) is 11.7 Å². The van der Waals surface area contributed by atoms with E-state index in [2.05, 4.69) is 10.3 Å². The van der Waals surface area contributed by atoms with E-state index in [-0.39, 0.29) is 23.6 Å². The number of primary amides is 1. The van der Waals surface area contributed by atoms with Crippen molar-refractivity contribution in [3.8, 4) is 5.75 Å². The molecular weight excluding hydrogens is 324 g/mol. The van der Waals surface area contributed by atoms with E-state index in [0.29, 0.717) is 36.0 Å². The van der Waals surface area contributed by atoms with Gasteiger partial charge in [-0.2, -0.15) is 0 Å². The van der Waals surface area contributed by atoms with Crippen LogP contribution >= 0.6 is 0 Å². The predicted octanol–water partition coefficient (Wildman–Crippen LogP) is 1.27. The highest BCUT2D eigenvalue weighted by atomic mass is 16.5. The van der Waals surface area contributed by atoms with E-state index in [9.17, 15) is 14.4 Å². The van der Waals surface area contributed by atoms with Crippen molar-refractivity contribution in [2.75, 3.05) is 25.5 Å². The molecule has 1 aromatic heterocycles. The Morgan fingerprint density at radius 3 is 2.92 bits per heavy atom. The number of fused-ring (bicyclic) bond motifs is 1. The summed E-state index contributed by atoms with van der Waals surface area (Å²) in [7, 11) is 1.55. The summed E-state index contributed by atoms with van der Waals surface area (Å²) in [5.74, 6) is -0.123. The number of piperidine rings is 1. The van der Waals surface area contributed by atoms with Crippen LogP contribution in [0.5, 0.6) is 5.75 Å². The van der Waals surface area contributed by atoms with Gasteiger partial charge in [-0.05, 0) is 25.0 Å². The summed E-state index contributed by atoms with van der Waals surface area (Å²) < 4.78 is 5.13. The van der Waals surface area contributed by atoms with Crippen LogP contribution in [0.4, 0.5) is 10.5 Å². The third kappa shape index (κ3) is 3.42. The monoisotopic (exact) mass is 344 g/mol. The van der Waals surface area contributed by atoms with Gasteiger partial charge in [0, 0.05) is 30.7 Å². The van der Waals surface area contributed by atoms with Gasteiger partial charge in [0.2, 0.25) is 11.3 Å². The smallest absolute Gasteiger partial charge is 0.322 e. The number of hydrogen-bond acceptors (Lipinski definition) is 4. The number of carbonyl (C=O) groups excluding carboxylic acids is 2. The van der Waals surface area contributed by atoms with Crippen LogP contribution in [0, 0.1) is 5.92 Å². The molecule has 3 amide bonds. The van der Waals surface area contributed by atoms with Crippen LogP contribution in [0.2, 0.25) is 0 Å². The van der Waals surface area contributed by atoms with Gasteiger partial charge in [0.15, 0.2) is 0 Å². The molecule has 8 heteroatoms. The standard InChI is InChI=1S/C17H20N4O4/c1-25-11-4-5-12-13(7-11)19-8-14(15(12)22)20-17(24)21-6-2-3-10(9-21)16(18)23/h4-5,7-8,10H,2-3,6,9H2,1H3,(H2,18,23)(H,19,22)(H,20,24). The van der Waals surface area contributed by atoms with Crippen LogP contribution < -0.4 is 21.2 Å². The van der Waals surface area contributed by atoms with E-state index >= 15 is 0 Å². The summed E-state index contributed by atoms with van der Waals surface area (Å²) in [4.78, 5) is 40.8. The number of amides is 3. The van der Waals surface area contributed by atoms with Gasteiger partial charge in [-0.1, -0.05) is 0 Å². The van der Waals surface area contributed by atoms with Crippen molar-refractivity contribution in [3.05, 3.63) is 34.6 Å². The summed E-state index contributed by atoms with van der Waals surface area (Å²) in [6.45, 7) is 0.794. The first kappa shape index (κ1) is 16.8. The van der Waals surface area contributed by atoms with Crippen LogP contribution in [0.15, 0.2) is 29.2 Å². The van der Waals surface area contributed by atoms with Gasteiger partial charge in [-0.15, -0.1) is 0 Å². The topological polar surface area (TPSA) is 118 Å². The Bertz CT molecular complexity index is 877. The molecule has 1 fully saturated rings. The number of carbonyl (C=O) groups is 2. The molecule has 132 valence electrons. The average molecular weight is 344 g/mol. The third-order valence-electron chi connectivity index (χ3n) is 4.44. The summed E-state index contributed by atoms with van der Waals surface area (Å²) >= 11 is 0. The first-order valence-electron chi connectivity index (χ1n) is 8.04. The number of benzene rings is 1. The fourth-order valence-corrected chi connectivity index (χ4v) is 3.01. The van der Waals surface area contributed by atoms with E-state index in [1.165, 1.54) is 11.1 Å². The summed E-state index contributed by atoms with van der Waals surface area (Å²) in [6.07, 6.45) is 2.84. The molecule has 4 N–H and O–H groups in total. The highest BCUT2D eigenvalue weighted by molar-refractivity contribution is 5.92. The van der Waals surface area contributed by atoms with Gasteiger partial charge in [0.1, 0.15) is 11.4 Å². The normalized spacial score (nSPS) is 17.3. The van der Waals surface area contributed by atoms with Crippen LogP contribution in [0.25, 0.3) is 10.9 Å². The summed E-state index contributed by atoms with van der Waals surface area (Å²) in [5.41, 5.74) is 5.82. The Balaban J connectivity index is 1.80. The molecule has 25 heavy (non-hydrogen) atoms. The molecule has 1 saturated heterocycles. The van der Waals surface area contributed by atoms with E-state index < -0.39 is 11.9 Å². The van der Waals surface area contributed by atoms with Gasteiger partial charge in [-0.3, -0.25) is 9.59 Å². The van der Waals surface area contributed by atoms with Gasteiger partial charge < -0.3 is 25.7 Å². The van der Waals surface area contributed by atoms with Crippen molar-refractivity contribution in [3.63, 3.8) is 0 Å². The number of methoxy groups -OCH3 is 1. The lowest BCUT2D eigenvalue weighted by molar-refractivity contribution is -0.123. The van der Waals surface area contributed by atoms with Crippen molar-refractivity contribution < 1.29 is 14.3 Å². The number of anilines is 1. The molecule has 2 heterocycles. The lowest BCUT2D eigenvalue weighted by Crippen LogP contribution is -2.46. The molecule has 1 aromatic carbocycles. The lowest BCUT2D eigenvalue weighted by atomic mass is 9.98. The molecule has 0 radical (unpaired) electrons. The quantitative estimate of drug-likeness (QED) is 0.777. The zero-order valence-corrected chi connectivity index (χ0v) is 13.9. The molecule has 1 atom stereocenters. The number of nitrogens with zero attached hydrogens (tertiary/aromatic N) is 1. The number of H-pyrrole nitrogens is 1. The number of ether oxygens (including phenoxy) is 1. The average Bonchev–Trinajstić information content (AvgIpc) is 2.63. The maximum absolute atomic E-state index is 12.6. The Morgan fingerprint density at radius 2 is 2.20 bits per heavy atom. The van der Waals surface area contributed by atoms with Crippen LogP contribution in [-0.4, -0.2) is 42.0 Å². The van der Waals surface area contributed by atoms with E-state index in [1.54, 1.807) is 25.3 Å². The lowest BCUT2D eigenvalue weighted by Gasteiger charge is -2.31. The van der Waals surface area contributed by atoms with Crippen molar-refractivity contribution in [1.82, 2.24) is 9.88 Å².